The highest BCUT2D eigenvalue weighted by molar-refractivity contribution is 7.20. The van der Waals surface area contributed by atoms with Gasteiger partial charge in [-0.3, -0.25) is 9.69 Å². The Morgan fingerprint density at radius 2 is 1.88 bits per heavy atom. The molecule has 0 amide bonds. The largest absolute Gasteiger partial charge is 0.344 e. The molecule has 0 spiro atoms. The van der Waals surface area contributed by atoms with E-state index in [9.17, 15) is 4.79 Å². The van der Waals surface area contributed by atoms with Crippen molar-refractivity contribution in [2.24, 2.45) is 0 Å². The summed E-state index contributed by atoms with van der Waals surface area (Å²) in [5, 5.41) is 5.35. The summed E-state index contributed by atoms with van der Waals surface area (Å²) in [5.41, 5.74) is 2.02. The Balaban J connectivity index is 1.38. The van der Waals surface area contributed by atoms with Crippen molar-refractivity contribution in [3.8, 4) is 0 Å². The van der Waals surface area contributed by atoms with Gasteiger partial charge in [0.2, 0.25) is 10.1 Å². The number of fused-ring (bicyclic) bond motifs is 1. The lowest BCUT2D eigenvalue weighted by Crippen LogP contribution is -2.47. The van der Waals surface area contributed by atoms with Gasteiger partial charge in [-0.25, -0.2) is 4.98 Å². The summed E-state index contributed by atoms with van der Waals surface area (Å²) in [6, 6.07) is 12.1. The highest BCUT2D eigenvalue weighted by atomic mass is 32.1. The number of nitrogens with zero attached hydrogens (tertiary/aromatic N) is 5. The van der Waals surface area contributed by atoms with Crippen molar-refractivity contribution in [1.29, 1.82) is 0 Å². The van der Waals surface area contributed by atoms with Gasteiger partial charge in [0, 0.05) is 44.5 Å². The van der Waals surface area contributed by atoms with Crippen LogP contribution < -0.4 is 10.5 Å². The first kappa shape index (κ1) is 16.2. The van der Waals surface area contributed by atoms with Crippen molar-refractivity contribution in [3.05, 3.63) is 58.0 Å². The lowest BCUT2D eigenvalue weighted by molar-refractivity contribution is 0.261. The zero-order valence-electron chi connectivity index (χ0n) is 14.3. The minimum absolute atomic E-state index is 0.105. The van der Waals surface area contributed by atoms with Crippen molar-refractivity contribution in [2.45, 2.75) is 13.3 Å². The van der Waals surface area contributed by atoms with Crippen LogP contribution in [0.2, 0.25) is 0 Å². The Bertz CT molecular complexity index is 912. The number of anilines is 1. The smallest absolute Gasteiger partial charge is 0.275 e. The zero-order chi connectivity index (χ0) is 17.2. The van der Waals surface area contributed by atoms with Gasteiger partial charge >= 0.3 is 0 Å². The molecular formula is C18H21N5OS. The van der Waals surface area contributed by atoms with Gasteiger partial charge in [-0.15, -0.1) is 5.10 Å². The van der Waals surface area contributed by atoms with E-state index in [0.717, 1.165) is 50.0 Å². The number of aryl methyl sites for hydroxylation is 1. The van der Waals surface area contributed by atoms with Gasteiger partial charge in [0.15, 0.2) is 0 Å². The molecule has 4 rings (SSSR count). The fraction of sp³-hybridized carbons (Fsp3) is 0.389. The average Bonchev–Trinajstić information content (AvgIpc) is 3.06. The fourth-order valence-electron chi connectivity index (χ4n) is 3.13. The molecule has 1 aromatic carbocycles. The molecule has 25 heavy (non-hydrogen) atoms. The Labute approximate surface area is 150 Å². The second kappa shape index (κ2) is 6.93. The van der Waals surface area contributed by atoms with Crippen molar-refractivity contribution < 1.29 is 0 Å². The second-order valence-corrected chi connectivity index (χ2v) is 7.31. The maximum absolute atomic E-state index is 12.0. The molecule has 0 radical (unpaired) electrons. The maximum atomic E-state index is 12.0. The van der Waals surface area contributed by atoms with E-state index < -0.39 is 0 Å². The summed E-state index contributed by atoms with van der Waals surface area (Å²) in [6.45, 7) is 6.82. The normalized spacial score (nSPS) is 15.8. The van der Waals surface area contributed by atoms with E-state index in [1.165, 1.54) is 27.5 Å². The van der Waals surface area contributed by atoms with Crippen LogP contribution in [0.15, 0.2) is 41.2 Å². The van der Waals surface area contributed by atoms with E-state index in [4.69, 9.17) is 0 Å². The first-order valence-electron chi connectivity index (χ1n) is 8.58. The number of hydrogen-bond donors (Lipinski definition) is 0. The van der Waals surface area contributed by atoms with Crippen LogP contribution in [0.25, 0.3) is 4.96 Å². The van der Waals surface area contributed by atoms with Crippen LogP contribution in [-0.2, 0) is 6.42 Å². The Hall–Kier alpha value is -2.25. The van der Waals surface area contributed by atoms with Gasteiger partial charge in [-0.2, -0.15) is 4.52 Å². The number of aromatic nitrogens is 3. The van der Waals surface area contributed by atoms with Crippen molar-refractivity contribution in [2.75, 3.05) is 37.6 Å². The van der Waals surface area contributed by atoms with E-state index >= 15 is 0 Å². The summed E-state index contributed by atoms with van der Waals surface area (Å²) in [6.07, 6.45) is 1.08. The van der Waals surface area contributed by atoms with E-state index in [1.54, 1.807) is 0 Å². The van der Waals surface area contributed by atoms with E-state index in [-0.39, 0.29) is 5.56 Å². The lowest BCUT2D eigenvalue weighted by Gasteiger charge is -2.34. The van der Waals surface area contributed by atoms with Gasteiger partial charge < -0.3 is 4.90 Å². The molecular weight excluding hydrogens is 334 g/mol. The van der Waals surface area contributed by atoms with E-state index in [2.05, 4.69) is 50.2 Å². The SMILES string of the molecule is Cc1cc(=O)n2nc(N3CCN(CCc4ccccc4)CC3)sc2n1. The van der Waals surface area contributed by atoms with Crippen LogP contribution >= 0.6 is 11.3 Å². The molecule has 0 saturated carbocycles. The summed E-state index contributed by atoms with van der Waals surface area (Å²) < 4.78 is 1.41. The number of benzene rings is 1. The molecule has 1 saturated heterocycles. The Kier molecular flexibility index (Phi) is 4.50. The molecule has 0 aliphatic carbocycles. The highest BCUT2D eigenvalue weighted by Crippen LogP contribution is 2.22. The number of piperazine rings is 1. The van der Waals surface area contributed by atoms with Crippen molar-refractivity contribution >= 4 is 21.4 Å². The molecule has 1 fully saturated rings. The molecule has 7 heteroatoms. The van der Waals surface area contributed by atoms with Crippen LogP contribution in [-0.4, -0.2) is 52.2 Å². The van der Waals surface area contributed by atoms with E-state index in [1.807, 2.05) is 6.92 Å². The molecule has 0 unspecified atom stereocenters. The van der Waals surface area contributed by atoms with Crippen LogP contribution in [0.4, 0.5) is 5.13 Å². The van der Waals surface area contributed by atoms with Gasteiger partial charge in [-0.05, 0) is 18.9 Å². The van der Waals surface area contributed by atoms with Gasteiger partial charge in [-0.1, -0.05) is 41.7 Å². The topological polar surface area (TPSA) is 53.7 Å². The molecule has 6 nitrogen and oxygen atoms in total. The molecule has 0 atom stereocenters. The second-order valence-electron chi connectivity index (χ2n) is 6.38. The van der Waals surface area contributed by atoms with Crippen molar-refractivity contribution in [1.82, 2.24) is 19.5 Å². The van der Waals surface area contributed by atoms with E-state index in [0.29, 0.717) is 4.96 Å². The Morgan fingerprint density at radius 3 is 2.64 bits per heavy atom. The van der Waals surface area contributed by atoms with Crippen LogP contribution in [0.5, 0.6) is 0 Å². The third-order valence-corrected chi connectivity index (χ3v) is 5.53. The first-order chi connectivity index (χ1) is 12.2. The molecule has 1 aliphatic heterocycles. The van der Waals surface area contributed by atoms with Gasteiger partial charge in [0.25, 0.3) is 5.56 Å². The van der Waals surface area contributed by atoms with Gasteiger partial charge in [0.1, 0.15) is 0 Å². The molecule has 130 valence electrons. The third-order valence-electron chi connectivity index (χ3n) is 4.56. The standard InChI is InChI=1S/C18H21N5OS/c1-14-13-16(24)23-17(19-14)25-18(20-23)22-11-9-21(10-12-22)8-7-15-5-3-2-4-6-15/h2-6,13H,7-12H2,1H3. The van der Waals surface area contributed by atoms with Crippen LogP contribution in [0.3, 0.4) is 0 Å². The molecule has 0 bridgehead atoms. The minimum Gasteiger partial charge on any atom is -0.344 e. The van der Waals surface area contributed by atoms with Crippen molar-refractivity contribution in [3.63, 3.8) is 0 Å². The predicted molar refractivity (Wildman–Crippen MR) is 101 cm³/mol. The first-order valence-corrected chi connectivity index (χ1v) is 9.39. The molecule has 3 aromatic rings. The molecule has 2 aromatic heterocycles. The highest BCUT2D eigenvalue weighted by Gasteiger charge is 2.20. The minimum atomic E-state index is -0.105. The predicted octanol–water partition coefficient (Wildman–Crippen LogP) is 1.82. The monoisotopic (exact) mass is 355 g/mol. The fourth-order valence-corrected chi connectivity index (χ4v) is 4.14. The molecule has 1 aliphatic rings. The molecule has 0 N–H and O–H groups in total. The summed E-state index contributed by atoms with van der Waals surface area (Å²) in [7, 11) is 0. The Morgan fingerprint density at radius 1 is 1.12 bits per heavy atom. The number of rotatable bonds is 4. The average molecular weight is 355 g/mol. The zero-order valence-corrected chi connectivity index (χ0v) is 15.1. The summed E-state index contributed by atoms with van der Waals surface area (Å²) in [5.74, 6) is 0. The lowest BCUT2D eigenvalue weighted by atomic mass is 10.1. The summed E-state index contributed by atoms with van der Waals surface area (Å²) >= 11 is 1.49. The quantitative estimate of drug-likeness (QED) is 0.715. The van der Waals surface area contributed by atoms with Crippen LogP contribution in [0.1, 0.15) is 11.3 Å². The van der Waals surface area contributed by atoms with Gasteiger partial charge in [0.05, 0.1) is 0 Å². The van der Waals surface area contributed by atoms with Crippen LogP contribution in [0, 0.1) is 6.92 Å². The summed E-state index contributed by atoms with van der Waals surface area (Å²) in [4.78, 5) is 21.8. The number of hydrogen-bond acceptors (Lipinski definition) is 6. The maximum Gasteiger partial charge on any atom is 0.275 e. The molecule has 3 heterocycles. The third kappa shape index (κ3) is 3.57.